The number of carbonyl (C=O) groups excluding carboxylic acids is 2. The second-order valence-electron chi connectivity index (χ2n) is 7.40. The summed E-state index contributed by atoms with van der Waals surface area (Å²) in [5.41, 5.74) is 4.02. The van der Waals surface area contributed by atoms with Crippen LogP contribution in [0.5, 0.6) is 0 Å². The van der Waals surface area contributed by atoms with Crippen LogP contribution in [-0.2, 0) is 32.3 Å². The van der Waals surface area contributed by atoms with Crippen molar-refractivity contribution in [2.24, 2.45) is 23.5 Å². The first-order valence-electron chi connectivity index (χ1n) is 9.08. The van der Waals surface area contributed by atoms with Crippen LogP contribution in [0.15, 0.2) is 27.3 Å². The van der Waals surface area contributed by atoms with Gasteiger partial charge in [0, 0.05) is 5.92 Å². The van der Waals surface area contributed by atoms with Gasteiger partial charge in [-0.2, -0.15) is 0 Å². The van der Waals surface area contributed by atoms with Crippen LogP contribution in [-0.4, -0.2) is 23.6 Å². The van der Waals surface area contributed by atoms with Crippen molar-refractivity contribution in [3.63, 3.8) is 0 Å². The molecule has 2 saturated carbocycles. The molecule has 2 N–H and O–H groups in total. The normalized spacial score (nSPS) is 29.5. The third-order valence-electron chi connectivity index (χ3n) is 5.69. The molecule has 0 aliphatic heterocycles. The van der Waals surface area contributed by atoms with Gasteiger partial charge in [0.15, 0.2) is 36.3 Å². The van der Waals surface area contributed by atoms with Crippen molar-refractivity contribution in [2.45, 2.75) is 45.2 Å². The number of halogens is 1. The summed E-state index contributed by atoms with van der Waals surface area (Å²) in [5.74, 6) is -5.38. The highest BCUT2D eigenvalue weighted by molar-refractivity contribution is 5.87. The second kappa shape index (κ2) is 6.97. The summed E-state index contributed by atoms with van der Waals surface area (Å²) in [6.45, 7) is 2.10. The summed E-state index contributed by atoms with van der Waals surface area (Å²) in [6.07, 6.45) is -1.81. The molecular formula is C18H18FNO10. The van der Waals surface area contributed by atoms with Crippen molar-refractivity contribution >= 4 is 11.9 Å². The summed E-state index contributed by atoms with van der Waals surface area (Å²) in [5, 5.41) is 0. The Balaban J connectivity index is 1.40. The molecule has 0 radical (unpaired) electrons. The monoisotopic (exact) mass is 427 g/mol. The van der Waals surface area contributed by atoms with E-state index in [4.69, 9.17) is 24.0 Å². The molecule has 162 valence electrons. The molecule has 0 spiro atoms. The topological polar surface area (TPSA) is 165 Å². The van der Waals surface area contributed by atoms with E-state index < -0.39 is 59.7 Å². The Bertz CT molecular complexity index is 1110. The molecule has 0 amide bonds. The molecule has 5 atom stereocenters. The number of hydrogen-bond donors (Lipinski definition) is 1. The molecule has 0 saturated heterocycles. The van der Waals surface area contributed by atoms with Crippen LogP contribution >= 0.6 is 0 Å². The number of aryl methyl sites for hydroxylation is 2. The van der Waals surface area contributed by atoms with Crippen LogP contribution in [0, 0.1) is 31.6 Å². The Labute approximate surface area is 166 Å². The molecule has 2 aromatic rings. The van der Waals surface area contributed by atoms with Crippen molar-refractivity contribution in [2.75, 3.05) is 0 Å². The minimum Gasteiger partial charge on any atom is -0.457 e. The van der Waals surface area contributed by atoms with Crippen LogP contribution in [0.4, 0.5) is 4.39 Å². The highest BCUT2D eigenvalue weighted by atomic mass is 19.1. The largest absolute Gasteiger partial charge is 0.519 e. The SMILES string of the molecule is Cc1oc(=O)oc1COC(=O)[C@H]1[C@@H]2C[C@H](F)[C@@](N)(C(=O)OCc3oc(=O)oc3C)[C@@H]21. The molecule has 2 aromatic heterocycles. The van der Waals surface area contributed by atoms with E-state index in [2.05, 4.69) is 8.83 Å². The van der Waals surface area contributed by atoms with Crippen LogP contribution in [0.25, 0.3) is 0 Å². The smallest absolute Gasteiger partial charge is 0.457 e. The Morgan fingerprint density at radius 1 is 1.03 bits per heavy atom. The first kappa shape index (κ1) is 20.1. The fourth-order valence-electron chi connectivity index (χ4n) is 4.05. The molecular weight excluding hydrogens is 409 g/mol. The van der Waals surface area contributed by atoms with Crippen LogP contribution in [0.1, 0.15) is 29.5 Å². The highest BCUT2D eigenvalue weighted by Gasteiger charge is 2.75. The Morgan fingerprint density at radius 2 is 1.57 bits per heavy atom. The van der Waals surface area contributed by atoms with E-state index in [1.807, 2.05) is 0 Å². The maximum Gasteiger partial charge on any atom is 0.519 e. The summed E-state index contributed by atoms with van der Waals surface area (Å²) in [6, 6.07) is 0. The fourth-order valence-corrected chi connectivity index (χ4v) is 4.05. The molecule has 2 aliphatic rings. The zero-order valence-electron chi connectivity index (χ0n) is 16.0. The van der Waals surface area contributed by atoms with E-state index in [1.54, 1.807) is 0 Å². The minimum absolute atomic E-state index is 0.0226. The first-order valence-corrected chi connectivity index (χ1v) is 9.08. The molecule has 12 heteroatoms. The quantitative estimate of drug-likeness (QED) is 0.637. The van der Waals surface area contributed by atoms with Crippen molar-refractivity contribution < 1.29 is 41.1 Å². The number of esters is 2. The van der Waals surface area contributed by atoms with E-state index in [0.717, 1.165) is 0 Å². The second-order valence-corrected chi connectivity index (χ2v) is 7.40. The summed E-state index contributed by atoms with van der Waals surface area (Å²) < 4.78 is 43.5. The summed E-state index contributed by atoms with van der Waals surface area (Å²) in [4.78, 5) is 47.0. The molecule has 2 fully saturated rings. The number of fused-ring (bicyclic) bond motifs is 1. The first-order chi connectivity index (χ1) is 14.1. The zero-order valence-corrected chi connectivity index (χ0v) is 16.0. The standard InChI is InChI=1S/C18H18FNO10/c1-6-9(29-16(23)27-6)4-25-14(21)12-8-3-11(19)18(20,13(8)12)15(22)26-5-10-7(2)28-17(24)30-10/h8,11-13H,3-5,20H2,1-2H3/t8-,11-,12-,13-,18-/m0/s1. The lowest BCUT2D eigenvalue weighted by Crippen LogP contribution is -2.57. The van der Waals surface area contributed by atoms with Gasteiger partial charge in [-0.3, -0.25) is 4.79 Å². The lowest BCUT2D eigenvalue weighted by Gasteiger charge is -2.27. The highest BCUT2D eigenvalue weighted by Crippen LogP contribution is 2.63. The predicted octanol–water partition coefficient (Wildman–Crippen LogP) is 0.484. The number of alkyl halides is 1. The third kappa shape index (κ3) is 3.16. The molecule has 11 nitrogen and oxygen atoms in total. The van der Waals surface area contributed by atoms with Crippen molar-refractivity contribution in [1.82, 2.24) is 0 Å². The Morgan fingerprint density at radius 3 is 2.07 bits per heavy atom. The Kier molecular flexibility index (Phi) is 4.68. The number of rotatable bonds is 6. The number of ether oxygens (including phenoxy) is 2. The van der Waals surface area contributed by atoms with Crippen molar-refractivity contribution in [3.05, 3.63) is 44.3 Å². The molecule has 2 aliphatic carbocycles. The minimum atomic E-state index is -2.04. The average Bonchev–Trinajstić information content (AvgIpc) is 3.03. The van der Waals surface area contributed by atoms with Crippen LogP contribution in [0.3, 0.4) is 0 Å². The van der Waals surface area contributed by atoms with Gasteiger partial charge in [0.2, 0.25) is 0 Å². The van der Waals surface area contributed by atoms with Crippen molar-refractivity contribution in [1.29, 1.82) is 0 Å². The van der Waals surface area contributed by atoms with Crippen molar-refractivity contribution in [3.8, 4) is 0 Å². The molecule has 0 bridgehead atoms. The molecule has 4 rings (SSSR count). The van der Waals surface area contributed by atoms with Gasteiger partial charge >= 0.3 is 23.6 Å². The lowest BCUT2D eigenvalue weighted by molar-refractivity contribution is -0.156. The van der Waals surface area contributed by atoms with Gasteiger partial charge in [-0.05, 0) is 26.2 Å². The molecule has 30 heavy (non-hydrogen) atoms. The molecule has 0 aromatic carbocycles. The number of hydrogen-bond acceptors (Lipinski definition) is 11. The predicted molar refractivity (Wildman–Crippen MR) is 90.5 cm³/mol. The zero-order chi connectivity index (χ0) is 21.8. The van der Waals surface area contributed by atoms with Gasteiger partial charge in [0.1, 0.15) is 11.7 Å². The Hall–Kier alpha value is -3.15. The summed E-state index contributed by atoms with van der Waals surface area (Å²) >= 11 is 0. The maximum atomic E-state index is 14.5. The average molecular weight is 427 g/mol. The number of carbonyl (C=O) groups is 2. The van der Waals surface area contributed by atoms with E-state index in [0.29, 0.717) is 0 Å². The molecule has 2 heterocycles. The van der Waals surface area contributed by atoms with Gasteiger partial charge in [-0.15, -0.1) is 0 Å². The third-order valence-corrected chi connectivity index (χ3v) is 5.69. The van der Waals surface area contributed by atoms with Gasteiger partial charge in [0.05, 0.1) is 5.92 Å². The van der Waals surface area contributed by atoms with E-state index in [1.165, 1.54) is 13.8 Å². The van der Waals surface area contributed by atoms with Gasteiger partial charge in [-0.1, -0.05) is 0 Å². The lowest BCUT2D eigenvalue weighted by atomic mass is 9.90. The van der Waals surface area contributed by atoms with Crippen LogP contribution < -0.4 is 17.4 Å². The van der Waals surface area contributed by atoms with E-state index in [9.17, 15) is 23.6 Å². The summed E-state index contributed by atoms with van der Waals surface area (Å²) in [7, 11) is 0. The fraction of sp³-hybridized carbons (Fsp3) is 0.556. The maximum absolute atomic E-state index is 14.5. The van der Waals surface area contributed by atoms with E-state index >= 15 is 0 Å². The van der Waals surface area contributed by atoms with Gasteiger partial charge < -0.3 is 32.9 Å². The van der Waals surface area contributed by atoms with Gasteiger partial charge in [-0.25, -0.2) is 18.8 Å². The van der Waals surface area contributed by atoms with Gasteiger partial charge in [0.25, 0.3) is 0 Å². The molecule has 0 unspecified atom stereocenters. The van der Waals surface area contributed by atoms with Crippen LogP contribution in [0.2, 0.25) is 0 Å². The number of nitrogens with two attached hydrogens (primary N) is 1. The van der Waals surface area contributed by atoms with E-state index in [-0.39, 0.29) is 36.1 Å².